The number of amides is 1. The van der Waals surface area contributed by atoms with E-state index in [1.165, 1.54) is 11.3 Å². The molecule has 0 unspecified atom stereocenters. The van der Waals surface area contributed by atoms with Gasteiger partial charge in [0.1, 0.15) is 5.69 Å². The number of H-pyrrole nitrogens is 1. The number of nitrogens with zero attached hydrogens (tertiary/aromatic N) is 2. The summed E-state index contributed by atoms with van der Waals surface area (Å²) in [5, 5.41) is 9.87. The van der Waals surface area contributed by atoms with Crippen molar-refractivity contribution in [2.45, 2.75) is 25.8 Å². The highest BCUT2D eigenvalue weighted by atomic mass is 16.3. The first-order valence-corrected chi connectivity index (χ1v) is 8.94. The lowest BCUT2D eigenvalue weighted by atomic mass is 9.97. The van der Waals surface area contributed by atoms with E-state index in [1.807, 2.05) is 6.07 Å². The zero-order valence-electron chi connectivity index (χ0n) is 14.7. The molecule has 6 heteroatoms. The molecule has 0 saturated carbocycles. The van der Waals surface area contributed by atoms with Gasteiger partial charge in [-0.1, -0.05) is 18.2 Å². The molecule has 1 aromatic carbocycles. The van der Waals surface area contributed by atoms with E-state index in [0.717, 1.165) is 19.4 Å². The van der Waals surface area contributed by atoms with Crippen molar-refractivity contribution in [1.82, 2.24) is 15.5 Å². The number of aromatic amines is 1. The lowest BCUT2D eigenvalue weighted by molar-refractivity contribution is 0.0949. The summed E-state index contributed by atoms with van der Waals surface area (Å²) in [7, 11) is 0. The van der Waals surface area contributed by atoms with E-state index >= 15 is 0 Å². The molecule has 1 amide bonds. The summed E-state index contributed by atoms with van der Waals surface area (Å²) >= 11 is 0. The number of para-hydroxylation sites is 1. The third-order valence-corrected chi connectivity index (χ3v) is 4.90. The number of fused-ring (bicyclic) bond motifs is 1. The van der Waals surface area contributed by atoms with E-state index in [-0.39, 0.29) is 5.91 Å². The lowest BCUT2D eigenvalue weighted by Gasteiger charge is -2.37. The molecule has 0 bridgehead atoms. The van der Waals surface area contributed by atoms with Crippen LogP contribution >= 0.6 is 0 Å². The number of rotatable bonds is 5. The van der Waals surface area contributed by atoms with E-state index < -0.39 is 0 Å². The number of hydrogen-bond acceptors (Lipinski definition) is 4. The van der Waals surface area contributed by atoms with Crippen LogP contribution in [0.2, 0.25) is 0 Å². The van der Waals surface area contributed by atoms with Gasteiger partial charge in [0.15, 0.2) is 11.5 Å². The fraction of sp³-hybridized carbons (Fsp3) is 0.300. The number of nitrogens with one attached hydrogen (secondary N) is 2. The summed E-state index contributed by atoms with van der Waals surface area (Å²) in [4.78, 5) is 14.7. The normalized spacial score (nSPS) is 16.3. The predicted octanol–water partition coefficient (Wildman–Crippen LogP) is 3.24. The smallest absolute Gasteiger partial charge is 0.271 e. The van der Waals surface area contributed by atoms with Gasteiger partial charge in [-0.15, -0.1) is 0 Å². The molecule has 26 heavy (non-hydrogen) atoms. The minimum absolute atomic E-state index is 0.183. The quantitative estimate of drug-likeness (QED) is 0.741. The maximum absolute atomic E-state index is 12.4. The van der Waals surface area contributed by atoms with Crippen LogP contribution < -0.4 is 10.2 Å². The molecular formula is C20H22N4O2. The molecule has 2 aromatic heterocycles. The maximum Gasteiger partial charge on any atom is 0.271 e. The van der Waals surface area contributed by atoms with Crippen LogP contribution in [-0.4, -0.2) is 35.2 Å². The van der Waals surface area contributed by atoms with E-state index in [9.17, 15) is 4.79 Å². The van der Waals surface area contributed by atoms with Crippen molar-refractivity contribution in [3.8, 4) is 11.5 Å². The average Bonchev–Trinajstić information content (AvgIpc) is 3.35. The Hall–Kier alpha value is -3.02. The topological polar surface area (TPSA) is 74.2 Å². The molecule has 0 spiro atoms. The highest BCUT2D eigenvalue weighted by Crippen LogP contribution is 2.29. The fourth-order valence-corrected chi connectivity index (χ4v) is 3.48. The van der Waals surface area contributed by atoms with E-state index in [4.69, 9.17) is 4.42 Å². The summed E-state index contributed by atoms with van der Waals surface area (Å²) in [5.41, 5.74) is 3.72. The Labute approximate surface area is 152 Å². The first-order valence-electron chi connectivity index (χ1n) is 8.94. The van der Waals surface area contributed by atoms with Crippen molar-refractivity contribution in [1.29, 1.82) is 0 Å². The summed E-state index contributed by atoms with van der Waals surface area (Å²) in [6.07, 6.45) is 3.84. The van der Waals surface area contributed by atoms with E-state index in [1.54, 1.807) is 18.4 Å². The number of aromatic nitrogens is 2. The van der Waals surface area contributed by atoms with Crippen molar-refractivity contribution in [3.05, 3.63) is 60.0 Å². The largest absolute Gasteiger partial charge is 0.463 e. The first-order chi connectivity index (χ1) is 12.7. The second-order valence-corrected chi connectivity index (χ2v) is 6.61. The number of aryl methyl sites for hydroxylation is 1. The van der Waals surface area contributed by atoms with Gasteiger partial charge in [-0.25, -0.2) is 0 Å². The molecule has 0 fully saturated rings. The van der Waals surface area contributed by atoms with Crippen molar-refractivity contribution >= 4 is 11.6 Å². The number of benzene rings is 1. The van der Waals surface area contributed by atoms with Crippen LogP contribution in [0.4, 0.5) is 5.69 Å². The standard InChI is InChI=1S/C20H22N4O2/c1-14-8-9-15-5-2-3-6-18(15)24(14)11-10-21-20(25)17-13-16(22-23-17)19-7-4-12-26-19/h2-7,12-14H,8-11H2,1H3,(H,21,25)(H,22,23)/t14-/m0/s1. The van der Waals surface area contributed by atoms with E-state index in [2.05, 4.69) is 51.6 Å². The van der Waals surface area contributed by atoms with Crippen LogP contribution in [0.5, 0.6) is 0 Å². The molecule has 1 aliphatic rings. The highest BCUT2D eigenvalue weighted by Gasteiger charge is 2.22. The van der Waals surface area contributed by atoms with Gasteiger partial charge < -0.3 is 14.6 Å². The monoisotopic (exact) mass is 350 g/mol. The van der Waals surface area contributed by atoms with Crippen LogP contribution in [0, 0.1) is 0 Å². The third kappa shape index (κ3) is 3.22. The maximum atomic E-state index is 12.4. The van der Waals surface area contributed by atoms with Gasteiger partial charge in [0.05, 0.1) is 6.26 Å². The Bertz CT molecular complexity index is 885. The van der Waals surface area contributed by atoms with Gasteiger partial charge in [-0.05, 0) is 43.5 Å². The van der Waals surface area contributed by atoms with Crippen LogP contribution in [-0.2, 0) is 6.42 Å². The van der Waals surface area contributed by atoms with Gasteiger partial charge in [-0.2, -0.15) is 5.10 Å². The first kappa shape index (κ1) is 16.4. The zero-order chi connectivity index (χ0) is 17.9. The predicted molar refractivity (Wildman–Crippen MR) is 100 cm³/mol. The van der Waals surface area contributed by atoms with Gasteiger partial charge >= 0.3 is 0 Å². The second-order valence-electron chi connectivity index (χ2n) is 6.61. The Morgan fingerprint density at radius 3 is 3.08 bits per heavy atom. The highest BCUT2D eigenvalue weighted by molar-refractivity contribution is 5.93. The number of hydrogen-bond donors (Lipinski definition) is 2. The molecule has 0 aliphatic carbocycles. The molecule has 0 saturated heterocycles. The van der Waals surface area contributed by atoms with Gasteiger partial charge in [-0.3, -0.25) is 9.89 Å². The molecule has 3 heterocycles. The number of furan rings is 1. The van der Waals surface area contributed by atoms with Crippen molar-refractivity contribution in [2.24, 2.45) is 0 Å². The molecule has 2 N–H and O–H groups in total. The molecule has 6 nitrogen and oxygen atoms in total. The molecule has 1 atom stereocenters. The minimum atomic E-state index is -0.183. The van der Waals surface area contributed by atoms with Crippen LogP contribution in [0.15, 0.2) is 53.1 Å². The number of carbonyl (C=O) groups excluding carboxylic acids is 1. The van der Waals surface area contributed by atoms with Crippen LogP contribution in [0.1, 0.15) is 29.4 Å². The van der Waals surface area contributed by atoms with Crippen molar-refractivity contribution in [3.63, 3.8) is 0 Å². The summed E-state index contributed by atoms with van der Waals surface area (Å²) in [5.74, 6) is 0.479. The van der Waals surface area contributed by atoms with Gasteiger partial charge in [0, 0.05) is 30.9 Å². The Morgan fingerprint density at radius 1 is 1.35 bits per heavy atom. The zero-order valence-corrected chi connectivity index (χ0v) is 14.7. The number of carbonyl (C=O) groups is 1. The van der Waals surface area contributed by atoms with E-state index in [0.29, 0.717) is 29.7 Å². The Morgan fingerprint density at radius 2 is 2.23 bits per heavy atom. The van der Waals surface area contributed by atoms with Gasteiger partial charge in [0.2, 0.25) is 0 Å². The Balaban J connectivity index is 1.37. The molecule has 4 rings (SSSR count). The number of anilines is 1. The molecule has 3 aromatic rings. The van der Waals surface area contributed by atoms with Crippen molar-refractivity contribution in [2.75, 3.05) is 18.0 Å². The minimum Gasteiger partial charge on any atom is -0.463 e. The van der Waals surface area contributed by atoms with Crippen molar-refractivity contribution < 1.29 is 9.21 Å². The molecule has 0 radical (unpaired) electrons. The summed E-state index contributed by atoms with van der Waals surface area (Å²) < 4.78 is 5.31. The third-order valence-electron chi connectivity index (χ3n) is 4.90. The average molecular weight is 350 g/mol. The van der Waals surface area contributed by atoms with Gasteiger partial charge in [0.25, 0.3) is 5.91 Å². The molecule has 134 valence electrons. The van der Waals surface area contributed by atoms with Crippen LogP contribution in [0.3, 0.4) is 0 Å². The molecule has 1 aliphatic heterocycles. The Kier molecular flexibility index (Phi) is 4.48. The SMILES string of the molecule is C[C@H]1CCc2ccccc2N1CCNC(=O)c1cc(-c2ccco2)[nH]n1. The second kappa shape index (κ2) is 7.07. The lowest BCUT2D eigenvalue weighted by Crippen LogP contribution is -2.42. The van der Waals surface area contributed by atoms with Crippen LogP contribution in [0.25, 0.3) is 11.5 Å². The summed E-state index contributed by atoms with van der Waals surface area (Å²) in [6.45, 7) is 3.58. The fourth-order valence-electron chi connectivity index (χ4n) is 3.48. The summed E-state index contributed by atoms with van der Waals surface area (Å²) in [6, 6.07) is 14.3. The molecular weight excluding hydrogens is 328 g/mol.